The maximum absolute atomic E-state index is 11.2. The van der Waals surface area contributed by atoms with E-state index in [1.165, 1.54) is 0 Å². The maximum atomic E-state index is 11.2. The molecular formula is C16H33LiNO5P. The van der Waals surface area contributed by atoms with Crippen molar-refractivity contribution in [3.63, 3.8) is 0 Å². The van der Waals surface area contributed by atoms with Crippen LogP contribution in [0.1, 0.15) is 67.7 Å². The van der Waals surface area contributed by atoms with E-state index in [1.807, 2.05) is 13.8 Å². The Bertz CT molecular complexity index is 422. The van der Waals surface area contributed by atoms with Crippen molar-refractivity contribution in [1.82, 2.24) is 0 Å². The summed E-state index contributed by atoms with van der Waals surface area (Å²) in [4.78, 5) is 29.1. The summed E-state index contributed by atoms with van der Waals surface area (Å²) in [6, 6.07) is 1.000. The van der Waals surface area contributed by atoms with Crippen molar-refractivity contribution in [2.45, 2.75) is 79.8 Å². The Kier molecular flexibility index (Phi) is 16.9. The topological polar surface area (TPSA) is 109 Å². The molecule has 0 atom stereocenters. The minimum absolute atomic E-state index is 0. The number of carboxylic acid groups (broad SMARTS) is 1. The van der Waals surface area contributed by atoms with Gasteiger partial charge in [-0.3, -0.25) is 4.57 Å². The molecule has 0 aliphatic carbocycles. The Labute approximate surface area is 158 Å². The van der Waals surface area contributed by atoms with E-state index >= 15 is 0 Å². The zero-order chi connectivity index (χ0) is 18.8. The molecule has 0 aliphatic rings. The molecule has 0 saturated carbocycles. The van der Waals surface area contributed by atoms with E-state index in [2.05, 4.69) is 33.0 Å². The van der Waals surface area contributed by atoms with Crippen LogP contribution >= 0.6 is 7.60 Å². The van der Waals surface area contributed by atoms with E-state index in [4.69, 9.17) is 14.9 Å². The quantitative estimate of drug-likeness (QED) is 0.347. The Balaban J connectivity index is -0.000000468. The smallest absolute Gasteiger partial charge is 0.658 e. The van der Waals surface area contributed by atoms with E-state index in [0.29, 0.717) is 36.9 Å². The van der Waals surface area contributed by atoms with Gasteiger partial charge in [-0.2, -0.15) is 0 Å². The molecule has 0 amide bonds. The van der Waals surface area contributed by atoms with E-state index in [1.54, 1.807) is 6.92 Å². The standard InChI is InChI=1S/C10H19O5P.C6H14N.Li/c1-4-7(5-2)8(6-3)9(10(11)12)16(13,14)15;1-5(2)7-6(3)4;/h7H,4-6H2,1-3H3,(H,11,12)(H2,13,14,15);5-6H,1-4H3;/q;-1;+1. The monoisotopic (exact) mass is 357 g/mol. The molecular weight excluding hydrogens is 324 g/mol. The van der Waals surface area contributed by atoms with Gasteiger partial charge in [-0.15, -0.1) is 12.1 Å². The maximum Gasteiger partial charge on any atom is 1.00 e. The summed E-state index contributed by atoms with van der Waals surface area (Å²) < 4.78 is 11.2. The molecule has 0 spiro atoms. The third-order valence-corrected chi connectivity index (χ3v) is 4.31. The molecule has 0 unspecified atom stereocenters. The number of carboxylic acids is 1. The first-order chi connectivity index (χ1) is 10.4. The normalized spacial score (nSPS) is 12.5. The second-order valence-corrected chi connectivity index (χ2v) is 7.46. The predicted octanol–water partition coefficient (Wildman–Crippen LogP) is 1.53. The molecule has 6 nitrogen and oxygen atoms in total. The molecule has 0 saturated heterocycles. The molecule has 3 N–H and O–H groups in total. The zero-order valence-corrected chi connectivity index (χ0v) is 17.3. The molecule has 0 fully saturated rings. The minimum atomic E-state index is -4.70. The fraction of sp³-hybridized carbons (Fsp3) is 0.812. The Morgan fingerprint density at radius 3 is 1.50 bits per heavy atom. The van der Waals surface area contributed by atoms with Gasteiger partial charge in [0.05, 0.1) is 0 Å². The van der Waals surface area contributed by atoms with Crippen molar-refractivity contribution in [1.29, 1.82) is 0 Å². The van der Waals surface area contributed by atoms with Gasteiger partial charge in [0.15, 0.2) is 0 Å². The molecule has 0 heterocycles. The van der Waals surface area contributed by atoms with Crippen molar-refractivity contribution in [3.05, 3.63) is 16.2 Å². The van der Waals surface area contributed by atoms with Crippen LogP contribution in [0.2, 0.25) is 0 Å². The molecule has 0 aliphatic heterocycles. The Morgan fingerprint density at radius 1 is 1.00 bits per heavy atom. The molecule has 0 aromatic rings. The van der Waals surface area contributed by atoms with Crippen LogP contribution in [0.5, 0.6) is 0 Å². The number of hydrogen-bond acceptors (Lipinski definition) is 2. The average Bonchev–Trinajstić information content (AvgIpc) is 2.35. The first-order valence-electron chi connectivity index (χ1n) is 8.14. The summed E-state index contributed by atoms with van der Waals surface area (Å²) in [7, 11) is -4.70. The molecule has 0 bridgehead atoms. The summed E-state index contributed by atoms with van der Waals surface area (Å²) in [5.74, 6) is -1.60. The fourth-order valence-corrected chi connectivity index (χ4v) is 3.44. The number of nitrogens with zero attached hydrogens (tertiary/aromatic N) is 1. The van der Waals surface area contributed by atoms with Gasteiger partial charge in [-0.1, -0.05) is 48.5 Å². The van der Waals surface area contributed by atoms with E-state index in [9.17, 15) is 9.36 Å². The first-order valence-corrected chi connectivity index (χ1v) is 9.75. The van der Waals surface area contributed by atoms with Crippen LogP contribution in [-0.2, 0) is 9.36 Å². The molecule has 0 aromatic carbocycles. The van der Waals surface area contributed by atoms with Crippen molar-refractivity contribution in [2.75, 3.05) is 0 Å². The summed E-state index contributed by atoms with van der Waals surface area (Å²) in [6.07, 6.45) is 1.70. The number of aliphatic carboxylic acids is 1. The average molecular weight is 357 g/mol. The number of hydrogen-bond donors (Lipinski definition) is 3. The van der Waals surface area contributed by atoms with Gasteiger partial charge < -0.3 is 20.2 Å². The molecule has 8 heteroatoms. The van der Waals surface area contributed by atoms with E-state index in [-0.39, 0.29) is 24.8 Å². The van der Waals surface area contributed by atoms with E-state index in [0.717, 1.165) is 0 Å². The van der Waals surface area contributed by atoms with Crippen molar-refractivity contribution in [3.8, 4) is 0 Å². The van der Waals surface area contributed by atoms with Crippen LogP contribution in [0.4, 0.5) is 0 Å². The van der Waals surface area contributed by atoms with Gasteiger partial charge in [0.1, 0.15) is 5.31 Å². The van der Waals surface area contributed by atoms with Crippen LogP contribution in [0.3, 0.4) is 0 Å². The molecule has 0 radical (unpaired) electrons. The summed E-state index contributed by atoms with van der Waals surface area (Å²) in [5, 5.41) is 12.5. The molecule has 138 valence electrons. The van der Waals surface area contributed by atoms with Crippen LogP contribution in [0.25, 0.3) is 5.32 Å². The SMILES string of the molecule is CC(C)[N-]C(C)C.CCC(=C(C(=O)O)P(=O)(O)O)C(CC)CC.[Li+]. The van der Waals surface area contributed by atoms with Gasteiger partial charge in [0.2, 0.25) is 0 Å². The minimum Gasteiger partial charge on any atom is -0.658 e. The van der Waals surface area contributed by atoms with E-state index < -0.39 is 18.9 Å². The number of carbonyl (C=O) groups is 1. The van der Waals surface area contributed by atoms with Crippen molar-refractivity contribution < 1.29 is 43.1 Å². The number of allylic oxidation sites excluding steroid dienone is 1. The van der Waals surface area contributed by atoms with Gasteiger partial charge >= 0.3 is 32.4 Å². The second-order valence-electron chi connectivity index (χ2n) is 5.93. The zero-order valence-electron chi connectivity index (χ0n) is 16.4. The van der Waals surface area contributed by atoms with Crippen molar-refractivity contribution >= 4 is 13.6 Å². The summed E-state index contributed by atoms with van der Waals surface area (Å²) in [5.41, 5.74) is 0.367. The largest absolute Gasteiger partial charge is 1.00 e. The van der Waals surface area contributed by atoms with Gasteiger partial charge in [-0.25, -0.2) is 4.79 Å². The molecule has 0 rings (SSSR count). The molecule has 24 heavy (non-hydrogen) atoms. The van der Waals surface area contributed by atoms with Gasteiger partial charge in [-0.05, 0) is 30.8 Å². The van der Waals surface area contributed by atoms with Crippen LogP contribution in [0, 0.1) is 5.92 Å². The van der Waals surface area contributed by atoms with Crippen LogP contribution in [-0.4, -0.2) is 32.9 Å². The third-order valence-electron chi connectivity index (χ3n) is 3.25. The summed E-state index contributed by atoms with van der Waals surface area (Å²) >= 11 is 0. The van der Waals surface area contributed by atoms with Crippen LogP contribution < -0.4 is 18.9 Å². The Hall–Kier alpha value is -0.0826. The van der Waals surface area contributed by atoms with Gasteiger partial charge in [0.25, 0.3) is 0 Å². The number of rotatable bonds is 8. The first kappa shape index (κ1) is 28.7. The predicted molar refractivity (Wildman–Crippen MR) is 94.7 cm³/mol. The fourth-order valence-electron chi connectivity index (χ4n) is 2.48. The molecule has 0 aromatic heterocycles. The van der Waals surface area contributed by atoms with Crippen LogP contribution in [0.15, 0.2) is 10.9 Å². The summed E-state index contributed by atoms with van der Waals surface area (Å²) in [6.45, 7) is 13.9. The second kappa shape index (κ2) is 14.1. The van der Waals surface area contributed by atoms with Gasteiger partial charge in [0, 0.05) is 0 Å². The van der Waals surface area contributed by atoms with Crippen molar-refractivity contribution in [2.24, 2.45) is 5.92 Å². The third kappa shape index (κ3) is 12.3. The Morgan fingerprint density at radius 2 is 1.38 bits per heavy atom.